The van der Waals surface area contributed by atoms with Gasteiger partial charge in [-0.15, -0.1) is 0 Å². The molecule has 0 bridgehead atoms. The number of fused-ring (bicyclic) bond motifs is 1. The van der Waals surface area contributed by atoms with Crippen LogP contribution in [0, 0.1) is 12.7 Å². The van der Waals surface area contributed by atoms with Gasteiger partial charge in [0.2, 0.25) is 6.61 Å². The van der Waals surface area contributed by atoms with Crippen molar-refractivity contribution in [1.82, 2.24) is 0 Å². The maximum atomic E-state index is 4.99. The Morgan fingerprint density at radius 2 is 2.56 bits per heavy atom. The smallest absolute Gasteiger partial charge is 0.201 e. The number of para-hydroxylation sites is 1. The van der Waals surface area contributed by atoms with E-state index in [2.05, 4.69) is 12.7 Å². The first-order valence-corrected chi connectivity index (χ1v) is 2.86. The van der Waals surface area contributed by atoms with Crippen LogP contribution in [-0.4, -0.2) is 0 Å². The van der Waals surface area contributed by atoms with Crippen molar-refractivity contribution in [2.24, 2.45) is 0 Å². The van der Waals surface area contributed by atoms with E-state index in [0.29, 0.717) is 0 Å². The first-order chi connectivity index (χ1) is 4.47. The summed E-state index contributed by atoms with van der Waals surface area (Å²) in [7, 11) is 0. The highest BCUT2D eigenvalue weighted by atomic mass is 16.5. The molecule has 2 rings (SSSR count). The van der Waals surface area contributed by atoms with Gasteiger partial charge in [-0.2, -0.15) is 0 Å². The van der Waals surface area contributed by atoms with Crippen LogP contribution in [0.4, 0.5) is 0 Å². The van der Waals surface area contributed by atoms with Gasteiger partial charge in [-0.1, -0.05) is 18.2 Å². The first-order valence-electron chi connectivity index (χ1n) is 2.86. The van der Waals surface area contributed by atoms with Gasteiger partial charge in [0.15, 0.2) is 0 Å². The molecular formula is C8H5O. The predicted molar refractivity (Wildman–Crippen MR) is 32.9 cm³/mol. The van der Waals surface area contributed by atoms with Crippen LogP contribution < -0.4 is 4.74 Å². The Bertz CT molecular complexity index is 195. The molecular weight excluding hydrogens is 112 g/mol. The average Bonchev–Trinajstić information content (AvgIpc) is 2.33. The summed E-state index contributed by atoms with van der Waals surface area (Å²) >= 11 is 0. The Kier molecular flexibility index (Phi) is 0.950. The van der Waals surface area contributed by atoms with E-state index in [1.54, 1.807) is 0 Å². The first kappa shape index (κ1) is 4.86. The lowest BCUT2D eigenvalue weighted by Gasteiger charge is -1.92. The number of ether oxygens (including phenoxy) is 1. The molecule has 1 aliphatic heterocycles. The lowest BCUT2D eigenvalue weighted by atomic mass is 10.2. The Morgan fingerprint density at radius 3 is 3.44 bits per heavy atom. The van der Waals surface area contributed by atoms with Crippen molar-refractivity contribution in [2.45, 2.75) is 6.42 Å². The Balaban J connectivity index is 2.54. The zero-order valence-electron chi connectivity index (χ0n) is 4.85. The Morgan fingerprint density at radius 1 is 1.56 bits per heavy atom. The number of hydrogen-bond donors (Lipinski definition) is 0. The van der Waals surface area contributed by atoms with E-state index in [1.165, 1.54) is 5.56 Å². The van der Waals surface area contributed by atoms with Crippen LogP contribution in [0.2, 0.25) is 0 Å². The van der Waals surface area contributed by atoms with Crippen molar-refractivity contribution in [3.8, 4) is 5.75 Å². The molecule has 0 atom stereocenters. The molecule has 0 amide bonds. The molecule has 9 heavy (non-hydrogen) atoms. The van der Waals surface area contributed by atoms with E-state index in [0.717, 1.165) is 12.2 Å². The van der Waals surface area contributed by atoms with Crippen LogP contribution in [0.3, 0.4) is 0 Å². The van der Waals surface area contributed by atoms with Crippen LogP contribution >= 0.6 is 0 Å². The summed E-state index contributed by atoms with van der Waals surface area (Å²) in [5.41, 5.74) is 1.18. The number of benzene rings is 1. The predicted octanol–water partition coefficient (Wildman–Crippen LogP) is 1.46. The summed E-state index contributed by atoms with van der Waals surface area (Å²) in [4.78, 5) is 0. The molecule has 43 valence electrons. The number of rotatable bonds is 0. The van der Waals surface area contributed by atoms with Crippen molar-refractivity contribution >= 4 is 0 Å². The third kappa shape index (κ3) is 0.689. The molecule has 1 aromatic rings. The van der Waals surface area contributed by atoms with E-state index in [9.17, 15) is 0 Å². The van der Waals surface area contributed by atoms with Crippen molar-refractivity contribution in [2.75, 3.05) is 0 Å². The second kappa shape index (κ2) is 1.76. The van der Waals surface area contributed by atoms with Gasteiger partial charge < -0.3 is 4.74 Å². The topological polar surface area (TPSA) is 9.23 Å². The number of hydrogen-bond acceptors (Lipinski definition) is 1. The molecule has 1 aromatic carbocycles. The third-order valence-corrected chi connectivity index (χ3v) is 1.34. The van der Waals surface area contributed by atoms with E-state index in [1.807, 2.05) is 18.2 Å². The van der Waals surface area contributed by atoms with Gasteiger partial charge in [0, 0.05) is 12.5 Å². The molecule has 1 heterocycles. The lowest BCUT2D eigenvalue weighted by Crippen LogP contribution is -1.76. The third-order valence-electron chi connectivity index (χ3n) is 1.34. The van der Waals surface area contributed by atoms with E-state index >= 15 is 0 Å². The van der Waals surface area contributed by atoms with Crippen LogP contribution in [-0.2, 0) is 6.42 Å². The minimum absolute atomic E-state index is 0.798. The van der Waals surface area contributed by atoms with Gasteiger partial charge in [-0.05, 0) is 5.56 Å². The molecule has 0 spiro atoms. The van der Waals surface area contributed by atoms with Crippen molar-refractivity contribution < 1.29 is 4.74 Å². The summed E-state index contributed by atoms with van der Waals surface area (Å²) in [6, 6.07) is 8.78. The highest BCUT2D eigenvalue weighted by molar-refractivity contribution is 5.36. The fourth-order valence-corrected chi connectivity index (χ4v) is 0.877. The van der Waals surface area contributed by atoms with E-state index in [4.69, 9.17) is 4.74 Å². The summed E-state index contributed by atoms with van der Waals surface area (Å²) in [5.74, 6) is 0.831. The van der Waals surface area contributed by atoms with Gasteiger partial charge in [-0.25, -0.2) is 0 Å². The molecule has 0 unspecified atom stereocenters. The second-order valence-corrected chi connectivity index (χ2v) is 1.95. The van der Waals surface area contributed by atoms with Crippen LogP contribution in [0.25, 0.3) is 0 Å². The van der Waals surface area contributed by atoms with Gasteiger partial charge >= 0.3 is 0 Å². The van der Waals surface area contributed by atoms with Crippen LogP contribution in [0.5, 0.6) is 5.75 Å². The molecule has 3 radical (unpaired) electrons. The molecule has 0 N–H and O–H groups in total. The molecule has 0 aromatic heterocycles. The zero-order valence-corrected chi connectivity index (χ0v) is 4.85. The van der Waals surface area contributed by atoms with Crippen LogP contribution in [0.1, 0.15) is 5.56 Å². The minimum Gasteiger partial charge on any atom is -0.477 e. The highest BCUT2D eigenvalue weighted by Crippen LogP contribution is 2.24. The maximum Gasteiger partial charge on any atom is 0.201 e. The van der Waals surface area contributed by atoms with Gasteiger partial charge in [0.1, 0.15) is 5.75 Å². The van der Waals surface area contributed by atoms with Gasteiger partial charge in [-0.3, -0.25) is 0 Å². The standard InChI is InChI=1S/C8H5O/c1-2-4-8-7(3-1)5-6-9-8/h1-3H,5H2. The van der Waals surface area contributed by atoms with Crippen LogP contribution in [0.15, 0.2) is 18.2 Å². The van der Waals surface area contributed by atoms with Crippen molar-refractivity contribution in [3.63, 3.8) is 0 Å². The molecule has 1 heteroatoms. The Labute approximate surface area is 54.3 Å². The fourth-order valence-electron chi connectivity index (χ4n) is 0.877. The normalized spacial score (nSPS) is 14.7. The quantitative estimate of drug-likeness (QED) is 0.500. The molecule has 1 aliphatic rings. The SMILES string of the molecule is [C]1Cc2ccc[c]c2O1. The minimum atomic E-state index is 0.798. The van der Waals surface area contributed by atoms with E-state index < -0.39 is 0 Å². The monoisotopic (exact) mass is 117 g/mol. The van der Waals surface area contributed by atoms with Gasteiger partial charge in [0.25, 0.3) is 0 Å². The molecule has 0 saturated heterocycles. The second-order valence-electron chi connectivity index (χ2n) is 1.95. The average molecular weight is 117 g/mol. The highest BCUT2D eigenvalue weighted by Gasteiger charge is 2.10. The zero-order chi connectivity index (χ0) is 6.10. The largest absolute Gasteiger partial charge is 0.477 e. The summed E-state index contributed by atoms with van der Waals surface area (Å²) in [6.07, 6.45) is 0.798. The summed E-state index contributed by atoms with van der Waals surface area (Å²) < 4.78 is 4.99. The molecule has 1 nitrogen and oxygen atoms in total. The molecule has 0 fully saturated rings. The molecule has 0 aliphatic carbocycles. The lowest BCUT2D eigenvalue weighted by molar-refractivity contribution is 0.434. The van der Waals surface area contributed by atoms with Crippen molar-refractivity contribution in [1.29, 1.82) is 0 Å². The maximum absolute atomic E-state index is 4.99. The van der Waals surface area contributed by atoms with Gasteiger partial charge in [0.05, 0.1) is 0 Å². The summed E-state index contributed by atoms with van der Waals surface area (Å²) in [5, 5.41) is 0. The van der Waals surface area contributed by atoms with E-state index in [-0.39, 0.29) is 0 Å². The van der Waals surface area contributed by atoms with Crippen molar-refractivity contribution in [3.05, 3.63) is 36.4 Å². The summed E-state index contributed by atoms with van der Waals surface area (Å²) in [6.45, 7) is 2.76. The molecule has 0 saturated carbocycles. The fraction of sp³-hybridized carbons (Fsp3) is 0.125. The Hall–Kier alpha value is -0.980.